The van der Waals surface area contributed by atoms with Crippen LogP contribution in [0.4, 0.5) is 0 Å². The number of carbonyl (C=O) groups excluding carboxylic acids is 1. The van der Waals surface area contributed by atoms with Crippen LogP contribution in [-0.2, 0) is 11.2 Å². The molecule has 1 aromatic heterocycles. The highest BCUT2D eigenvalue weighted by atomic mass is 16.5. The van der Waals surface area contributed by atoms with Crippen molar-refractivity contribution in [1.82, 2.24) is 4.68 Å². The number of hydrogen-bond donors (Lipinski definition) is 3. The third-order valence-corrected chi connectivity index (χ3v) is 4.30. The van der Waals surface area contributed by atoms with E-state index in [2.05, 4.69) is 5.43 Å². The van der Waals surface area contributed by atoms with E-state index in [1.807, 2.05) is 18.2 Å². The molecule has 0 saturated heterocycles. The summed E-state index contributed by atoms with van der Waals surface area (Å²) in [5.41, 5.74) is 5.03. The third-order valence-electron chi connectivity index (χ3n) is 4.30. The highest BCUT2D eigenvalue weighted by Crippen LogP contribution is 2.25. The van der Waals surface area contributed by atoms with E-state index < -0.39 is 11.9 Å². The first-order chi connectivity index (χ1) is 13.5. The Balaban J connectivity index is 1.97. The van der Waals surface area contributed by atoms with Crippen molar-refractivity contribution in [2.45, 2.75) is 12.8 Å². The van der Waals surface area contributed by atoms with Gasteiger partial charge in [0.05, 0.1) is 24.8 Å². The molecule has 0 saturated carbocycles. The molecule has 0 bridgehead atoms. The summed E-state index contributed by atoms with van der Waals surface area (Å²) in [4.78, 5) is 23.7. The Morgan fingerprint density at radius 2 is 1.75 bits per heavy atom. The Morgan fingerprint density at radius 1 is 1.04 bits per heavy atom. The summed E-state index contributed by atoms with van der Waals surface area (Å²) in [5.74, 6) is -0.858. The summed E-state index contributed by atoms with van der Waals surface area (Å²) in [6, 6.07) is 17.1. The number of nitrogens with one attached hydrogen (secondary N) is 1. The van der Waals surface area contributed by atoms with Gasteiger partial charge in [0, 0.05) is 17.7 Å². The first-order valence-corrected chi connectivity index (χ1v) is 8.66. The van der Waals surface area contributed by atoms with Crippen LogP contribution in [0.25, 0.3) is 11.3 Å². The topological polar surface area (TPSA) is 101 Å². The fraction of sp³-hybridized carbons (Fsp3) is 0.143. The number of carboxylic acid groups (broad SMARTS) is 1. The van der Waals surface area contributed by atoms with E-state index in [9.17, 15) is 14.7 Å². The molecule has 0 radical (unpaired) electrons. The summed E-state index contributed by atoms with van der Waals surface area (Å²) in [5, 5.41) is 18.9. The number of carboxylic acids is 1. The van der Waals surface area contributed by atoms with Gasteiger partial charge < -0.3 is 14.9 Å². The summed E-state index contributed by atoms with van der Waals surface area (Å²) in [7, 11) is 1.58. The van der Waals surface area contributed by atoms with Gasteiger partial charge in [-0.15, -0.1) is 0 Å². The maximum Gasteiger partial charge on any atom is 0.303 e. The summed E-state index contributed by atoms with van der Waals surface area (Å²) in [6.45, 7) is 0. The first kappa shape index (κ1) is 19.0. The number of ether oxygens (including phenoxy) is 1. The number of rotatable bonds is 7. The molecule has 2 aromatic carbocycles. The molecule has 3 rings (SSSR count). The van der Waals surface area contributed by atoms with Crippen LogP contribution in [0.1, 0.15) is 22.5 Å². The molecule has 1 heterocycles. The molecule has 144 valence electrons. The quantitative estimate of drug-likeness (QED) is 0.584. The fourth-order valence-electron chi connectivity index (χ4n) is 2.86. The van der Waals surface area contributed by atoms with E-state index in [4.69, 9.17) is 9.84 Å². The van der Waals surface area contributed by atoms with Gasteiger partial charge in [-0.1, -0.05) is 12.1 Å². The van der Waals surface area contributed by atoms with Crippen LogP contribution in [0.3, 0.4) is 0 Å². The normalized spacial score (nSPS) is 10.5. The number of aryl methyl sites for hydroxylation is 1. The molecule has 7 heteroatoms. The van der Waals surface area contributed by atoms with Crippen molar-refractivity contribution in [2.24, 2.45) is 0 Å². The van der Waals surface area contributed by atoms with E-state index in [0.29, 0.717) is 17.1 Å². The van der Waals surface area contributed by atoms with Crippen molar-refractivity contribution < 1.29 is 24.5 Å². The number of benzene rings is 2. The second-order valence-electron chi connectivity index (χ2n) is 6.13. The van der Waals surface area contributed by atoms with Crippen molar-refractivity contribution in [3.05, 3.63) is 71.9 Å². The fourth-order valence-corrected chi connectivity index (χ4v) is 2.86. The molecule has 3 aromatic rings. The van der Waals surface area contributed by atoms with Gasteiger partial charge in [0.1, 0.15) is 11.5 Å². The van der Waals surface area contributed by atoms with E-state index in [0.717, 1.165) is 5.56 Å². The molecule has 0 aliphatic carbocycles. The van der Waals surface area contributed by atoms with Crippen molar-refractivity contribution in [2.75, 3.05) is 12.5 Å². The molecule has 0 aliphatic rings. The van der Waals surface area contributed by atoms with E-state index in [-0.39, 0.29) is 24.2 Å². The zero-order chi connectivity index (χ0) is 20.1. The molecule has 3 N–H and O–H groups in total. The summed E-state index contributed by atoms with van der Waals surface area (Å²) in [6.07, 6.45) is 0.172. The largest absolute Gasteiger partial charge is 0.507 e. The highest BCUT2D eigenvalue weighted by molar-refractivity contribution is 6.02. The van der Waals surface area contributed by atoms with Crippen LogP contribution in [0.2, 0.25) is 0 Å². The van der Waals surface area contributed by atoms with Gasteiger partial charge in [0.15, 0.2) is 0 Å². The lowest BCUT2D eigenvalue weighted by molar-refractivity contribution is -0.136. The van der Waals surface area contributed by atoms with Gasteiger partial charge in [-0.2, -0.15) is 0 Å². The number of phenols is 1. The molecule has 0 unspecified atom stereocenters. The lowest BCUT2D eigenvalue weighted by Gasteiger charge is -2.15. The van der Waals surface area contributed by atoms with Crippen LogP contribution < -0.4 is 10.2 Å². The predicted octanol–water partition coefficient (Wildman–Crippen LogP) is 3.27. The summed E-state index contributed by atoms with van der Waals surface area (Å²) >= 11 is 0. The van der Waals surface area contributed by atoms with Crippen LogP contribution in [0.15, 0.2) is 60.7 Å². The molecule has 1 amide bonds. The van der Waals surface area contributed by atoms with E-state index in [1.54, 1.807) is 42.1 Å². The maximum absolute atomic E-state index is 12.7. The number of para-hydroxylation sites is 1. The van der Waals surface area contributed by atoms with Crippen molar-refractivity contribution in [3.63, 3.8) is 0 Å². The molecular weight excluding hydrogens is 360 g/mol. The number of amides is 1. The maximum atomic E-state index is 12.7. The molecule has 0 fully saturated rings. The van der Waals surface area contributed by atoms with Crippen LogP contribution in [-0.4, -0.2) is 33.9 Å². The molecule has 7 nitrogen and oxygen atoms in total. The summed E-state index contributed by atoms with van der Waals surface area (Å²) < 4.78 is 6.73. The van der Waals surface area contributed by atoms with Crippen molar-refractivity contribution >= 4 is 11.9 Å². The van der Waals surface area contributed by atoms with E-state index >= 15 is 0 Å². The van der Waals surface area contributed by atoms with Gasteiger partial charge in [0.2, 0.25) is 0 Å². The van der Waals surface area contributed by atoms with Crippen LogP contribution in [0, 0.1) is 0 Å². The van der Waals surface area contributed by atoms with Gasteiger partial charge in [-0.05, 0) is 48.5 Å². The second-order valence-corrected chi connectivity index (χ2v) is 6.13. The number of nitrogens with zero attached hydrogens (tertiary/aromatic N) is 1. The number of phenolic OH excluding ortho intramolecular Hbond substituents is 1. The number of carbonyl (C=O) groups is 2. The Hall–Kier alpha value is -3.74. The first-order valence-electron chi connectivity index (χ1n) is 8.66. The van der Waals surface area contributed by atoms with E-state index in [1.165, 1.54) is 12.1 Å². The minimum absolute atomic E-state index is 0.0709. The SMILES string of the molecule is COc1ccc(-c2ccc(CCC(=O)O)n2NC(=O)c2ccccc2O)cc1. The second kappa shape index (κ2) is 8.30. The molecular formula is C21H20N2O5. The Morgan fingerprint density at radius 3 is 2.39 bits per heavy atom. The Labute approximate surface area is 161 Å². The Bertz CT molecular complexity index is 992. The minimum Gasteiger partial charge on any atom is -0.507 e. The number of aromatic nitrogens is 1. The van der Waals surface area contributed by atoms with Crippen LogP contribution >= 0.6 is 0 Å². The Kier molecular flexibility index (Phi) is 5.64. The standard InChI is InChI=1S/C21H20N2O5/c1-28-16-10-6-14(7-11-16)18-12-8-15(9-13-20(25)26)23(18)22-21(27)17-4-2-3-5-19(17)24/h2-8,10-12,24H,9,13H2,1H3,(H,22,27)(H,25,26). The zero-order valence-corrected chi connectivity index (χ0v) is 15.3. The lowest BCUT2D eigenvalue weighted by Crippen LogP contribution is -2.25. The predicted molar refractivity (Wildman–Crippen MR) is 104 cm³/mol. The number of methoxy groups -OCH3 is 1. The third kappa shape index (κ3) is 4.15. The molecule has 0 atom stereocenters. The smallest absolute Gasteiger partial charge is 0.303 e. The average Bonchev–Trinajstić information content (AvgIpc) is 3.09. The van der Waals surface area contributed by atoms with Gasteiger partial charge >= 0.3 is 5.97 Å². The molecule has 0 aliphatic heterocycles. The molecule has 0 spiro atoms. The zero-order valence-electron chi connectivity index (χ0n) is 15.3. The number of aromatic hydroxyl groups is 1. The van der Waals surface area contributed by atoms with Gasteiger partial charge in [0.25, 0.3) is 5.91 Å². The average molecular weight is 380 g/mol. The monoisotopic (exact) mass is 380 g/mol. The van der Waals surface area contributed by atoms with Gasteiger partial charge in [-0.3, -0.25) is 19.7 Å². The molecule has 28 heavy (non-hydrogen) atoms. The van der Waals surface area contributed by atoms with Gasteiger partial charge in [-0.25, -0.2) is 0 Å². The van der Waals surface area contributed by atoms with Crippen LogP contribution in [0.5, 0.6) is 11.5 Å². The minimum atomic E-state index is -0.925. The lowest BCUT2D eigenvalue weighted by atomic mass is 10.1. The number of hydrogen-bond acceptors (Lipinski definition) is 4. The van der Waals surface area contributed by atoms with Crippen molar-refractivity contribution in [1.29, 1.82) is 0 Å². The number of aliphatic carboxylic acids is 1. The highest BCUT2D eigenvalue weighted by Gasteiger charge is 2.16. The van der Waals surface area contributed by atoms with Crippen molar-refractivity contribution in [3.8, 4) is 22.8 Å².